The summed E-state index contributed by atoms with van der Waals surface area (Å²) in [5.74, 6) is 0.490. The number of imidazole rings is 1. The van der Waals surface area contributed by atoms with Gasteiger partial charge in [0.05, 0.1) is 13.5 Å². The molecule has 0 saturated carbocycles. The van der Waals surface area contributed by atoms with Crippen LogP contribution in [0.1, 0.15) is 5.69 Å². The van der Waals surface area contributed by atoms with Crippen molar-refractivity contribution in [3.8, 4) is 17.1 Å². The van der Waals surface area contributed by atoms with E-state index in [2.05, 4.69) is 9.97 Å². The molecule has 0 unspecified atom stereocenters. The van der Waals surface area contributed by atoms with Gasteiger partial charge in [0.1, 0.15) is 11.6 Å². The maximum atomic E-state index is 10.5. The molecule has 17 heavy (non-hydrogen) atoms. The van der Waals surface area contributed by atoms with Crippen molar-refractivity contribution < 1.29 is 14.6 Å². The summed E-state index contributed by atoms with van der Waals surface area (Å²) in [4.78, 5) is 17.7. The van der Waals surface area contributed by atoms with Crippen LogP contribution in [0.5, 0.6) is 5.75 Å². The first-order valence-electron chi connectivity index (χ1n) is 5.09. The van der Waals surface area contributed by atoms with Crippen LogP contribution in [0.2, 0.25) is 0 Å². The highest BCUT2D eigenvalue weighted by molar-refractivity contribution is 5.70. The number of aromatic nitrogens is 2. The van der Waals surface area contributed by atoms with Crippen LogP contribution in [-0.4, -0.2) is 28.2 Å². The molecule has 0 aliphatic rings. The number of nitrogens with zero attached hydrogens (tertiary/aromatic N) is 1. The maximum Gasteiger partial charge on any atom is 0.309 e. The van der Waals surface area contributed by atoms with E-state index in [9.17, 15) is 4.79 Å². The lowest BCUT2D eigenvalue weighted by Gasteiger charge is -2.01. The first-order valence-corrected chi connectivity index (χ1v) is 5.09. The van der Waals surface area contributed by atoms with Gasteiger partial charge in [0.2, 0.25) is 0 Å². The van der Waals surface area contributed by atoms with Gasteiger partial charge in [0.15, 0.2) is 0 Å². The largest absolute Gasteiger partial charge is 0.497 e. The Hall–Kier alpha value is -2.30. The number of nitrogens with one attached hydrogen (secondary N) is 1. The van der Waals surface area contributed by atoms with Crippen molar-refractivity contribution in [1.82, 2.24) is 9.97 Å². The van der Waals surface area contributed by atoms with E-state index in [-0.39, 0.29) is 6.42 Å². The van der Waals surface area contributed by atoms with E-state index in [1.165, 1.54) is 6.20 Å². The number of hydrogen-bond donors (Lipinski definition) is 2. The lowest BCUT2D eigenvalue weighted by atomic mass is 10.2. The summed E-state index contributed by atoms with van der Waals surface area (Å²) in [5.41, 5.74) is 1.44. The minimum absolute atomic E-state index is 0.0586. The van der Waals surface area contributed by atoms with Gasteiger partial charge in [-0.1, -0.05) is 12.1 Å². The van der Waals surface area contributed by atoms with Gasteiger partial charge < -0.3 is 14.8 Å². The zero-order valence-electron chi connectivity index (χ0n) is 9.30. The molecule has 0 aliphatic heterocycles. The van der Waals surface area contributed by atoms with Gasteiger partial charge >= 0.3 is 5.97 Å². The molecule has 1 aromatic heterocycles. The Balaban J connectivity index is 2.26. The Bertz CT molecular complexity index is 534. The molecule has 0 bridgehead atoms. The number of carboxylic acid groups (broad SMARTS) is 1. The monoisotopic (exact) mass is 232 g/mol. The number of ether oxygens (including phenoxy) is 1. The topological polar surface area (TPSA) is 75.2 Å². The Labute approximate surface area is 98.1 Å². The van der Waals surface area contributed by atoms with E-state index < -0.39 is 5.97 Å². The first kappa shape index (κ1) is 11.2. The van der Waals surface area contributed by atoms with Gasteiger partial charge in [-0.15, -0.1) is 0 Å². The quantitative estimate of drug-likeness (QED) is 0.841. The van der Waals surface area contributed by atoms with Crippen LogP contribution in [-0.2, 0) is 11.2 Å². The Morgan fingerprint density at radius 2 is 2.35 bits per heavy atom. The number of carboxylic acids is 1. The van der Waals surface area contributed by atoms with Crippen LogP contribution in [0.4, 0.5) is 0 Å². The molecule has 5 heteroatoms. The van der Waals surface area contributed by atoms with Gasteiger partial charge in [-0.3, -0.25) is 4.79 Å². The molecule has 0 saturated heterocycles. The molecule has 0 fully saturated rings. The SMILES string of the molecule is COc1cccc(-c2ncc(CC(=O)O)[nH]2)c1. The lowest BCUT2D eigenvalue weighted by molar-refractivity contribution is -0.136. The number of aliphatic carboxylic acids is 1. The number of H-pyrrole nitrogens is 1. The molecule has 2 N–H and O–H groups in total. The second-order valence-electron chi connectivity index (χ2n) is 3.56. The highest BCUT2D eigenvalue weighted by Crippen LogP contribution is 2.21. The second-order valence-corrected chi connectivity index (χ2v) is 3.56. The molecule has 0 amide bonds. The van der Waals surface area contributed by atoms with E-state index in [1.807, 2.05) is 24.3 Å². The molecule has 88 valence electrons. The third-order valence-electron chi connectivity index (χ3n) is 2.31. The summed E-state index contributed by atoms with van der Waals surface area (Å²) in [6.07, 6.45) is 1.47. The van der Waals surface area contributed by atoms with Gasteiger partial charge in [0, 0.05) is 17.5 Å². The molecule has 1 aromatic carbocycles. The van der Waals surface area contributed by atoms with E-state index in [0.717, 1.165) is 11.3 Å². The fourth-order valence-corrected chi connectivity index (χ4v) is 1.53. The standard InChI is InChI=1S/C12H12N2O3/c1-17-10-4-2-3-8(5-10)12-13-7-9(14-12)6-11(15)16/h2-5,7H,6H2,1H3,(H,13,14)(H,15,16). The third-order valence-corrected chi connectivity index (χ3v) is 2.31. The average Bonchev–Trinajstić information content (AvgIpc) is 2.77. The predicted molar refractivity (Wildman–Crippen MR) is 61.9 cm³/mol. The van der Waals surface area contributed by atoms with E-state index in [4.69, 9.17) is 9.84 Å². The fourth-order valence-electron chi connectivity index (χ4n) is 1.53. The minimum Gasteiger partial charge on any atom is -0.497 e. The molecule has 0 atom stereocenters. The zero-order valence-corrected chi connectivity index (χ0v) is 9.30. The van der Waals surface area contributed by atoms with Gasteiger partial charge in [0.25, 0.3) is 0 Å². The Morgan fingerprint density at radius 1 is 1.53 bits per heavy atom. The van der Waals surface area contributed by atoms with Gasteiger partial charge in [-0.05, 0) is 12.1 Å². The zero-order chi connectivity index (χ0) is 12.3. The summed E-state index contributed by atoms with van der Waals surface area (Å²) in [6.45, 7) is 0. The number of aromatic amines is 1. The lowest BCUT2D eigenvalue weighted by Crippen LogP contribution is -1.99. The number of hydrogen-bond acceptors (Lipinski definition) is 3. The molecular formula is C12H12N2O3. The van der Waals surface area contributed by atoms with Crippen molar-refractivity contribution in [2.75, 3.05) is 7.11 Å². The minimum atomic E-state index is -0.883. The van der Waals surface area contributed by atoms with E-state index in [0.29, 0.717) is 11.5 Å². The normalized spacial score (nSPS) is 10.2. The van der Waals surface area contributed by atoms with E-state index in [1.54, 1.807) is 7.11 Å². The van der Waals surface area contributed by atoms with Crippen LogP contribution in [0.3, 0.4) is 0 Å². The first-order chi connectivity index (χ1) is 8.19. The molecule has 0 spiro atoms. The van der Waals surface area contributed by atoms with Crippen molar-refractivity contribution in [3.05, 3.63) is 36.2 Å². The molecule has 0 aliphatic carbocycles. The predicted octanol–water partition coefficient (Wildman–Crippen LogP) is 1.71. The second kappa shape index (κ2) is 4.69. The smallest absolute Gasteiger partial charge is 0.309 e. The molecular weight excluding hydrogens is 220 g/mol. The molecule has 2 rings (SSSR count). The van der Waals surface area contributed by atoms with Crippen LogP contribution in [0, 0.1) is 0 Å². The number of carbonyl (C=O) groups is 1. The summed E-state index contributed by atoms with van der Waals surface area (Å²) in [7, 11) is 1.59. The van der Waals surface area contributed by atoms with Gasteiger partial charge in [-0.25, -0.2) is 4.98 Å². The van der Waals surface area contributed by atoms with Crippen LogP contribution < -0.4 is 4.74 Å². The summed E-state index contributed by atoms with van der Waals surface area (Å²) < 4.78 is 5.11. The Kier molecular flexibility index (Phi) is 3.09. The average molecular weight is 232 g/mol. The van der Waals surface area contributed by atoms with Crippen molar-refractivity contribution >= 4 is 5.97 Å². The molecule has 2 aromatic rings. The molecule has 0 radical (unpaired) electrons. The Morgan fingerprint density at radius 3 is 3.06 bits per heavy atom. The van der Waals surface area contributed by atoms with Crippen LogP contribution in [0.15, 0.2) is 30.5 Å². The number of rotatable bonds is 4. The highest BCUT2D eigenvalue weighted by atomic mass is 16.5. The van der Waals surface area contributed by atoms with Crippen LogP contribution in [0.25, 0.3) is 11.4 Å². The fraction of sp³-hybridized carbons (Fsp3) is 0.167. The molecule has 1 heterocycles. The van der Waals surface area contributed by atoms with Crippen molar-refractivity contribution in [1.29, 1.82) is 0 Å². The number of benzene rings is 1. The van der Waals surface area contributed by atoms with E-state index >= 15 is 0 Å². The maximum absolute atomic E-state index is 10.5. The van der Waals surface area contributed by atoms with Crippen molar-refractivity contribution in [2.24, 2.45) is 0 Å². The molecule has 5 nitrogen and oxygen atoms in total. The van der Waals surface area contributed by atoms with Crippen molar-refractivity contribution in [2.45, 2.75) is 6.42 Å². The summed E-state index contributed by atoms with van der Waals surface area (Å²) in [5, 5.41) is 8.66. The third kappa shape index (κ3) is 2.63. The summed E-state index contributed by atoms with van der Waals surface area (Å²) in [6, 6.07) is 7.41. The highest BCUT2D eigenvalue weighted by Gasteiger charge is 2.07. The van der Waals surface area contributed by atoms with Gasteiger partial charge in [-0.2, -0.15) is 0 Å². The summed E-state index contributed by atoms with van der Waals surface area (Å²) >= 11 is 0. The number of methoxy groups -OCH3 is 1. The van der Waals surface area contributed by atoms with Crippen LogP contribution >= 0.6 is 0 Å². The van der Waals surface area contributed by atoms with Crippen molar-refractivity contribution in [3.63, 3.8) is 0 Å².